The van der Waals surface area contributed by atoms with Gasteiger partial charge in [0.05, 0.1) is 16.7 Å². The van der Waals surface area contributed by atoms with Gasteiger partial charge in [0.1, 0.15) is 6.10 Å². The highest BCUT2D eigenvalue weighted by atomic mass is 16.3. The molecule has 17 heavy (non-hydrogen) atoms. The lowest BCUT2D eigenvalue weighted by Crippen LogP contribution is -2.00. The van der Waals surface area contributed by atoms with Crippen molar-refractivity contribution in [1.82, 2.24) is 20.2 Å². The summed E-state index contributed by atoms with van der Waals surface area (Å²) in [6.07, 6.45) is 0.801. The number of imidazole rings is 1. The number of hydrogen-bond acceptors (Lipinski definition) is 3. The number of H-pyrrole nitrogens is 3. The monoisotopic (exact) mass is 230 g/mol. The van der Waals surface area contributed by atoms with Gasteiger partial charge < -0.3 is 15.1 Å². The molecule has 0 aliphatic rings. The van der Waals surface area contributed by atoms with Crippen LogP contribution in [-0.4, -0.2) is 25.3 Å². The maximum absolute atomic E-state index is 11.1. The van der Waals surface area contributed by atoms with Crippen molar-refractivity contribution < 1.29 is 5.11 Å². The first-order valence-electron chi connectivity index (χ1n) is 5.13. The van der Waals surface area contributed by atoms with Crippen LogP contribution in [-0.2, 0) is 0 Å². The summed E-state index contributed by atoms with van der Waals surface area (Å²) in [7, 11) is 0. The van der Waals surface area contributed by atoms with Crippen molar-refractivity contribution in [2.75, 3.05) is 0 Å². The first-order chi connectivity index (χ1) is 8.24. The number of nitrogens with one attached hydrogen (secondary N) is 3. The summed E-state index contributed by atoms with van der Waals surface area (Å²) in [6, 6.07) is 6.95. The van der Waals surface area contributed by atoms with Gasteiger partial charge in [-0.2, -0.15) is 5.10 Å². The summed E-state index contributed by atoms with van der Waals surface area (Å²) in [6.45, 7) is 0. The van der Waals surface area contributed by atoms with Crippen LogP contribution in [0.1, 0.15) is 17.4 Å². The van der Waals surface area contributed by atoms with E-state index in [1.165, 1.54) is 0 Å². The third kappa shape index (κ3) is 1.64. The number of rotatable bonds is 2. The van der Waals surface area contributed by atoms with E-state index < -0.39 is 6.10 Å². The third-order valence-electron chi connectivity index (χ3n) is 2.67. The van der Waals surface area contributed by atoms with Crippen LogP contribution in [0.3, 0.4) is 0 Å². The van der Waals surface area contributed by atoms with Crippen LogP contribution >= 0.6 is 0 Å². The van der Waals surface area contributed by atoms with Crippen LogP contribution in [0.5, 0.6) is 0 Å². The zero-order chi connectivity index (χ0) is 11.8. The summed E-state index contributed by atoms with van der Waals surface area (Å²) in [4.78, 5) is 16.4. The molecule has 1 unspecified atom stereocenters. The standard InChI is InChI=1S/C11H10N4O2/c16-10(8-3-4-12-15-8)6-1-2-7-9(5-6)14-11(17)13-7/h1-5,10,16H,(H,12,15)(H2,13,14,17). The summed E-state index contributed by atoms with van der Waals surface area (Å²) < 4.78 is 0. The van der Waals surface area contributed by atoms with Crippen molar-refractivity contribution in [2.24, 2.45) is 0 Å². The van der Waals surface area contributed by atoms with Gasteiger partial charge in [0.2, 0.25) is 0 Å². The molecular formula is C11H10N4O2. The Bertz CT molecular complexity index is 696. The summed E-state index contributed by atoms with van der Waals surface area (Å²) in [5.74, 6) is 0. The molecule has 6 nitrogen and oxygen atoms in total. The quantitative estimate of drug-likeness (QED) is 0.520. The second-order valence-corrected chi connectivity index (χ2v) is 3.80. The molecule has 86 valence electrons. The average Bonchev–Trinajstić information content (AvgIpc) is 2.94. The van der Waals surface area contributed by atoms with Crippen molar-refractivity contribution in [3.63, 3.8) is 0 Å². The van der Waals surface area contributed by atoms with E-state index in [1.807, 2.05) is 0 Å². The maximum atomic E-state index is 11.1. The molecule has 0 aliphatic heterocycles. The van der Waals surface area contributed by atoms with Crippen molar-refractivity contribution in [3.05, 3.63) is 52.2 Å². The number of benzene rings is 1. The normalized spacial score (nSPS) is 13.0. The fourth-order valence-corrected chi connectivity index (χ4v) is 1.82. The Morgan fingerprint density at radius 3 is 2.76 bits per heavy atom. The van der Waals surface area contributed by atoms with Gasteiger partial charge in [-0.05, 0) is 23.8 Å². The van der Waals surface area contributed by atoms with Crippen LogP contribution < -0.4 is 5.69 Å². The van der Waals surface area contributed by atoms with Gasteiger partial charge in [-0.25, -0.2) is 4.79 Å². The lowest BCUT2D eigenvalue weighted by Gasteiger charge is -2.08. The Morgan fingerprint density at radius 2 is 2.00 bits per heavy atom. The Balaban J connectivity index is 2.08. The molecule has 1 aromatic carbocycles. The predicted octanol–water partition coefficient (Wildman–Crippen LogP) is 0.661. The van der Waals surface area contributed by atoms with E-state index in [4.69, 9.17) is 0 Å². The lowest BCUT2D eigenvalue weighted by molar-refractivity contribution is 0.215. The molecule has 0 saturated heterocycles. The van der Waals surface area contributed by atoms with E-state index in [9.17, 15) is 9.90 Å². The summed E-state index contributed by atoms with van der Waals surface area (Å²) in [5, 5.41) is 16.6. The van der Waals surface area contributed by atoms with E-state index in [1.54, 1.807) is 30.5 Å². The highest BCUT2D eigenvalue weighted by Gasteiger charge is 2.12. The van der Waals surface area contributed by atoms with Gasteiger partial charge in [0.15, 0.2) is 0 Å². The molecule has 0 spiro atoms. The molecule has 3 rings (SSSR count). The zero-order valence-corrected chi connectivity index (χ0v) is 8.77. The number of aromatic amines is 3. The van der Waals surface area contributed by atoms with Gasteiger partial charge in [-0.1, -0.05) is 6.07 Å². The molecule has 0 bridgehead atoms. The summed E-state index contributed by atoms with van der Waals surface area (Å²) >= 11 is 0. The minimum atomic E-state index is -0.777. The van der Waals surface area contributed by atoms with Crippen LogP contribution in [0.25, 0.3) is 11.0 Å². The van der Waals surface area contributed by atoms with Gasteiger partial charge in [0, 0.05) is 6.20 Å². The molecule has 0 amide bonds. The lowest BCUT2D eigenvalue weighted by atomic mass is 10.1. The van der Waals surface area contributed by atoms with Crippen LogP contribution in [0, 0.1) is 0 Å². The number of aliphatic hydroxyl groups excluding tert-OH is 1. The van der Waals surface area contributed by atoms with E-state index in [0.717, 1.165) is 5.52 Å². The van der Waals surface area contributed by atoms with Crippen molar-refractivity contribution >= 4 is 11.0 Å². The van der Waals surface area contributed by atoms with Crippen molar-refractivity contribution in [1.29, 1.82) is 0 Å². The molecular weight excluding hydrogens is 220 g/mol. The fraction of sp³-hybridized carbons (Fsp3) is 0.0909. The van der Waals surface area contributed by atoms with E-state index in [-0.39, 0.29) is 5.69 Å². The maximum Gasteiger partial charge on any atom is 0.323 e. The van der Waals surface area contributed by atoms with Crippen LogP contribution in [0.4, 0.5) is 0 Å². The zero-order valence-electron chi connectivity index (χ0n) is 8.77. The highest BCUT2D eigenvalue weighted by molar-refractivity contribution is 5.75. The molecule has 0 aliphatic carbocycles. The summed E-state index contributed by atoms with van der Waals surface area (Å²) in [5.41, 5.74) is 2.44. The average molecular weight is 230 g/mol. The van der Waals surface area contributed by atoms with Crippen molar-refractivity contribution in [2.45, 2.75) is 6.10 Å². The highest BCUT2D eigenvalue weighted by Crippen LogP contribution is 2.21. The molecule has 0 radical (unpaired) electrons. The second-order valence-electron chi connectivity index (χ2n) is 3.80. The fourth-order valence-electron chi connectivity index (χ4n) is 1.82. The third-order valence-corrected chi connectivity index (χ3v) is 2.67. The minimum absolute atomic E-state index is 0.256. The Hall–Kier alpha value is -2.34. The topological polar surface area (TPSA) is 97.6 Å². The van der Waals surface area contributed by atoms with E-state index in [0.29, 0.717) is 16.8 Å². The number of hydrogen-bond donors (Lipinski definition) is 4. The number of aliphatic hydroxyl groups is 1. The molecule has 1 atom stereocenters. The molecule has 3 aromatic rings. The Kier molecular flexibility index (Phi) is 2.09. The first-order valence-corrected chi connectivity index (χ1v) is 5.13. The predicted molar refractivity (Wildman–Crippen MR) is 61.6 cm³/mol. The van der Waals surface area contributed by atoms with Gasteiger partial charge >= 0.3 is 5.69 Å². The van der Waals surface area contributed by atoms with Crippen LogP contribution in [0.15, 0.2) is 35.3 Å². The Morgan fingerprint density at radius 1 is 1.18 bits per heavy atom. The second kappa shape index (κ2) is 3.60. The van der Waals surface area contributed by atoms with E-state index >= 15 is 0 Å². The molecule has 0 saturated carbocycles. The molecule has 6 heteroatoms. The minimum Gasteiger partial charge on any atom is -0.382 e. The number of aromatic nitrogens is 4. The first kappa shape index (κ1) is 9.86. The molecule has 2 aromatic heterocycles. The number of nitrogens with zero attached hydrogens (tertiary/aromatic N) is 1. The SMILES string of the molecule is O=c1[nH]c2ccc(C(O)c3ccn[nH]3)cc2[nH]1. The smallest absolute Gasteiger partial charge is 0.323 e. The Labute approximate surface area is 95.3 Å². The number of fused-ring (bicyclic) bond motifs is 1. The van der Waals surface area contributed by atoms with Gasteiger partial charge in [-0.15, -0.1) is 0 Å². The molecule has 4 N–H and O–H groups in total. The van der Waals surface area contributed by atoms with E-state index in [2.05, 4.69) is 20.2 Å². The molecule has 2 heterocycles. The largest absolute Gasteiger partial charge is 0.382 e. The molecule has 0 fully saturated rings. The van der Waals surface area contributed by atoms with Crippen LogP contribution in [0.2, 0.25) is 0 Å². The van der Waals surface area contributed by atoms with Gasteiger partial charge in [-0.3, -0.25) is 5.10 Å². The van der Waals surface area contributed by atoms with Crippen molar-refractivity contribution in [3.8, 4) is 0 Å². The van der Waals surface area contributed by atoms with Gasteiger partial charge in [0.25, 0.3) is 0 Å².